The van der Waals surface area contributed by atoms with E-state index in [9.17, 15) is 19.5 Å². The predicted octanol–water partition coefficient (Wildman–Crippen LogP) is 3.19. The molecule has 1 unspecified atom stereocenters. The molecule has 2 aromatic carbocycles. The number of carboxylic acid groups (broad SMARTS) is 1. The van der Waals surface area contributed by atoms with Crippen LogP contribution in [-0.4, -0.2) is 65.2 Å². The molecule has 5 rings (SSSR count). The van der Waals surface area contributed by atoms with Crippen molar-refractivity contribution in [3.05, 3.63) is 59.7 Å². The van der Waals surface area contributed by atoms with Crippen LogP contribution in [-0.2, 0) is 14.3 Å². The fourth-order valence-electron chi connectivity index (χ4n) is 4.92. The number of amides is 2. The molecule has 1 heterocycles. The largest absolute Gasteiger partial charge is 0.480 e. The summed E-state index contributed by atoms with van der Waals surface area (Å²) in [6.45, 7) is 1.07. The predicted molar refractivity (Wildman–Crippen MR) is 125 cm³/mol. The maximum atomic E-state index is 12.8. The van der Waals surface area contributed by atoms with Gasteiger partial charge in [-0.05, 0) is 34.6 Å². The Kier molecular flexibility index (Phi) is 6.01. The third kappa shape index (κ3) is 4.31. The van der Waals surface area contributed by atoms with Crippen molar-refractivity contribution < 1.29 is 24.2 Å². The van der Waals surface area contributed by atoms with Crippen LogP contribution in [0.2, 0.25) is 0 Å². The summed E-state index contributed by atoms with van der Waals surface area (Å²) in [7, 11) is 0. The maximum Gasteiger partial charge on any atom is 0.407 e. The number of fused-ring (bicyclic) bond motifs is 3. The molecule has 2 N–H and O–H groups in total. The Morgan fingerprint density at radius 2 is 1.73 bits per heavy atom. The molecule has 1 saturated carbocycles. The van der Waals surface area contributed by atoms with Crippen molar-refractivity contribution in [1.82, 2.24) is 10.2 Å². The summed E-state index contributed by atoms with van der Waals surface area (Å²) in [5.74, 6) is -0.0674. The number of ether oxygens (including phenoxy) is 1. The van der Waals surface area contributed by atoms with Gasteiger partial charge >= 0.3 is 12.1 Å². The molecule has 0 spiro atoms. The number of nitrogens with zero attached hydrogens (tertiary/aromatic N) is 1. The number of benzene rings is 2. The highest BCUT2D eigenvalue weighted by Gasteiger charge is 2.47. The van der Waals surface area contributed by atoms with E-state index in [4.69, 9.17) is 4.74 Å². The number of hydrogen-bond donors (Lipinski definition) is 2. The van der Waals surface area contributed by atoms with Crippen LogP contribution in [0, 0.1) is 11.8 Å². The molecule has 7 nitrogen and oxygen atoms in total. The van der Waals surface area contributed by atoms with Crippen molar-refractivity contribution in [2.45, 2.75) is 18.4 Å². The van der Waals surface area contributed by atoms with E-state index in [0.717, 1.165) is 16.9 Å². The van der Waals surface area contributed by atoms with Gasteiger partial charge in [0.05, 0.1) is 0 Å². The van der Waals surface area contributed by atoms with Crippen molar-refractivity contribution in [3.63, 3.8) is 0 Å². The summed E-state index contributed by atoms with van der Waals surface area (Å²) < 4.78 is 5.55. The van der Waals surface area contributed by atoms with Gasteiger partial charge in [0.25, 0.3) is 0 Å². The number of carbonyl (C=O) groups excluding carboxylic acids is 2. The Balaban J connectivity index is 1.12. The molecule has 0 aromatic heterocycles. The highest BCUT2D eigenvalue weighted by molar-refractivity contribution is 7.99. The number of rotatable bonds is 6. The molecule has 0 bridgehead atoms. The van der Waals surface area contributed by atoms with Gasteiger partial charge < -0.3 is 20.1 Å². The standard InChI is InChI=1S/C25H26N2O5S/c28-23(27-9-10-33-14-22(27)24(29)30)20-11-15(20)12-26-25(31)32-13-21-18-7-3-1-5-16(18)17-6-2-4-8-19(17)21/h1-8,15,20-22H,9-14H2,(H,26,31)(H,29,30)/t15-,20-,22?/m0/s1. The first kappa shape index (κ1) is 21.8. The fraction of sp³-hybridized carbons (Fsp3) is 0.400. The number of carbonyl (C=O) groups is 3. The first-order valence-corrected chi connectivity index (χ1v) is 12.4. The molecule has 3 atom stereocenters. The van der Waals surface area contributed by atoms with Gasteiger partial charge in [0.1, 0.15) is 12.6 Å². The van der Waals surface area contributed by atoms with Crippen LogP contribution < -0.4 is 5.32 Å². The summed E-state index contributed by atoms with van der Waals surface area (Å²) >= 11 is 1.56. The van der Waals surface area contributed by atoms with E-state index >= 15 is 0 Å². The number of nitrogens with one attached hydrogen (secondary N) is 1. The molecule has 8 heteroatoms. The van der Waals surface area contributed by atoms with Crippen molar-refractivity contribution in [2.24, 2.45) is 11.8 Å². The summed E-state index contributed by atoms with van der Waals surface area (Å²) in [6, 6.07) is 15.6. The Labute approximate surface area is 196 Å². The van der Waals surface area contributed by atoms with E-state index in [1.807, 2.05) is 24.3 Å². The van der Waals surface area contributed by atoms with E-state index in [2.05, 4.69) is 29.6 Å². The van der Waals surface area contributed by atoms with Gasteiger partial charge in [0.15, 0.2) is 0 Å². The van der Waals surface area contributed by atoms with E-state index in [1.54, 1.807) is 11.8 Å². The zero-order valence-electron chi connectivity index (χ0n) is 18.1. The second kappa shape index (κ2) is 9.09. The van der Waals surface area contributed by atoms with Gasteiger partial charge in [-0.15, -0.1) is 0 Å². The molecule has 33 heavy (non-hydrogen) atoms. The molecule has 2 aromatic rings. The minimum atomic E-state index is -0.954. The van der Waals surface area contributed by atoms with Crippen LogP contribution >= 0.6 is 11.8 Å². The van der Waals surface area contributed by atoms with Gasteiger partial charge in [-0.3, -0.25) is 4.79 Å². The van der Waals surface area contributed by atoms with Crippen LogP contribution in [0.3, 0.4) is 0 Å². The number of hydrogen-bond acceptors (Lipinski definition) is 5. The van der Waals surface area contributed by atoms with E-state index in [1.165, 1.54) is 16.0 Å². The smallest absolute Gasteiger partial charge is 0.407 e. The van der Waals surface area contributed by atoms with Crippen LogP contribution in [0.25, 0.3) is 11.1 Å². The van der Waals surface area contributed by atoms with Crippen molar-refractivity contribution in [3.8, 4) is 11.1 Å². The minimum Gasteiger partial charge on any atom is -0.480 e. The van der Waals surface area contributed by atoms with Gasteiger partial charge in [-0.2, -0.15) is 11.8 Å². The highest BCUT2D eigenvalue weighted by Crippen LogP contribution is 2.44. The van der Waals surface area contributed by atoms with E-state index < -0.39 is 18.1 Å². The van der Waals surface area contributed by atoms with Crippen molar-refractivity contribution in [1.29, 1.82) is 0 Å². The van der Waals surface area contributed by atoms with Crippen LogP contribution in [0.15, 0.2) is 48.5 Å². The molecule has 0 radical (unpaired) electrons. The lowest BCUT2D eigenvalue weighted by atomic mass is 9.98. The second-order valence-corrected chi connectivity index (χ2v) is 9.92. The second-order valence-electron chi connectivity index (χ2n) is 8.77. The number of alkyl carbamates (subject to hydrolysis) is 1. The average molecular weight is 467 g/mol. The maximum absolute atomic E-state index is 12.8. The third-order valence-corrected chi connectivity index (χ3v) is 7.81. The third-order valence-electron chi connectivity index (χ3n) is 6.79. The lowest BCUT2D eigenvalue weighted by molar-refractivity contribution is -0.149. The summed E-state index contributed by atoms with van der Waals surface area (Å²) in [4.78, 5) is 38.1. The molecule has 2 fully saturated rings. The first-order chi connectivity index (χ1) is 16.0. The normalized spacial score (nSPS) is 23.4. The van der Waals surface area contributed by atoms with Gasteiger partial charge in [0, 0.05) is 36.4 Å². The molecule has 2 amide bonds. The topological polar surface area (TPSA) is 95.9 Å². The van der Waals surface area contributed by atoms with Crippen molar-refractivity contribution >= 4 is 29.7 Å². The van der Waals surface area contributed by atoms with Gasteiger partial charge in [-0.25, -0.2) is 9.59 Å². The molecular weight excluding hydrogens is 440 g/mol. The lowest BCUT2D eigenvalue weighted by Gasteiger charge is -2.32. The van der Waals surface area contributed by atoms with E-state index in [0.29, 0.717) is 25.3 Å². The quantitative estimate of drug-likeness (QED) is 0.679. The van der Waals surface area contributed by atoms with Gasteiger partial charge in [0.2, 0.25) is 5.91 Å². The fourth-order valence-corrected chi connectivity index (χ4v) is 5.96. The summed E-state index contributed by atoms with van der Waals surface area (Å²) in [5.41, 5.74) is 4.67. The summed E-state index contributed by atoms with van der Waals surface area (Å²) in [6.07, 6.45) is 0.172. The highest BCUT2D eigenvalue weighted by atomic mass is 32.2. The molecule has 1 aliphatic heterocycles. The lowest BCUT2D eigenvalue weighted by Crippen LogP contribution is -2.51. The number of thioether (sulfide) groups is 1. The zero-order valence-corrected chi connectivity index (χ0v) is 18.9. The van der Waals surface area contributed by atoms with Crippen LogP contribution in [0.4, 0.5) is 4.79 Å². The van der Waals surface area contributed by atoms with Crippen molar-refractivity contribution in [2.75, 3.05) is 31.2 Å². The average Bonchev–Trinajstić information content (AvgIpc) is 3.55. The molecule has 3 aliphatic rings. The molecule has 1 saturated heterocycles. The molecule has 172 valence electrons. The van der Waals surface area contributed by atoms with Gasteiger partial charge in [-0.1, -0.05) is 48.5 Å². The minimum absolute atomic E-state index is 0.00308. The Morgan fingerprint density at radius 1 is 1.06 bits per heavy atom. The van der Waals surface area contributed by atoms with E-state index in [-0.39, 0.29) is 30.3 Å². The van der Waals surface area contributed by atoms with Crippen LogP contribution in [0.5, 0.6) is 0 Å². The molecule has 2 aliphatic carbocycles. The monoisotopic (exact) mass is 466 g/mol. The Bertz CT molecular complexity index is 1040. The Morgan fingerprint density at radius 3 is 2.39 bits per heavy atom. The number of aliphatic carboxylic acids is 1. The SMILES string of the molecule is O=C(NC[C@@H]1C[C@@H]1C(=O)N1CCSCC1C(=O)O)OCC1c2ccccc2-c2ccccc21. The summed E-state index contributed by atoms with van der Waals surface area (Å²) in [5, 5.41) is 12.2. The number of carboxylic acids is 1. The first-order valence-electron chi connectivity index (χ1n) is 11.2. The molecular formula is C25H26N2O5S. The Hall–Kier alpha value is -3.00. The van der Waals surface area contributed by atoms with Crippen LogP contribution in [0.1, 0.15) is 23.5 Å². The zero-order chi connectivity index (χ0) is 22.9.